The Morgan fingerprint density at radius 1 is 1.50 bits per heavy atom. The van der Waals surface area contributed by atoms with Crippen molar-refractivity contribution >= 4 is 40.3 Å². The molecular formula is C13H10N2O3S2. The summed E-state index contributed by atoms with van der Waals surface area (Å²) in [5, 5.41) is 11.1. The van der Waals surface area contributed by atoms with Gasteiger partial charge in [0.2, 0.25) is 0 Å². The molecule has 1 aromatic carbocycles. The third kappa shape index (κ3) is 3.29. The minimum absolute atomic E-state index is 0.0523. The number of rotatable bonds is 4. The van der Waals surface area contributed by atoms with Crippen molar-refractivity contribution in [2.45, 2.75) is 0 Å². The van der Waals surface area contributed by atoms with E-state index in [1.54, 1.807) is 24.3 Å². The van der Waals surface area contributed by atoms with Crippen molar-refractivity contribution in [2.75, 3.05) is 13.7 Å². The van der Waals surface area contributed by atoms with Crippen LogP contribution in [0.2, 0.25) is 0 Å². The van der Waals surface area contributed by atoms with Gasteiger partial charge in [-0.05, 0) is 23.8 Å². The second kappa shape index (κ2) is 6.41. The van der Waals surface area contributed by atoms with Crippen molar-refractivity contribution in [3.05, 3.63) is 28.7 Å². The Morgan fingerprint density at radius 3 is 2.90 bits per heavy atom. The average molecular weight is 306 g/mol. The SMILES string of the molecule is COc1cc(C=C2SC(=S)NC2=O)ccc1OCC#N. The fourth-order valence-electron chi connectivity index (χ4n) is 1.58. The van der Waals surface area contributed by atoms with Crippen LogP contribution in [0.5, 0.6) is 11.5 Å². The first kappa shape index (κ1) is 14.4. The molecule has 1 heterocycles. The highest BCUT2D eigenvalue weighted by atomic mass is 32.2. The van der Waals surface area contributed by atoms with Gasteiger partial charge >= 0.3 is 0 Å². The fraction of sp³-hybridized carbons (Fsp3) is 0.154. The van der Waals surface area contributed by atoms with Gasteiger partial charge in [0.1, 0.15) is 10.4 Å². The zero-order valence-corrected chi connectivity index (χ0v) is 12.1. The second-order valence-corrected chi connectivity index (χ2v) is 5.43. The average Bonchev–Trinajstić information content (AvgIpc) is 2.75. The van der Waals surface area contributed by atoms with Crippen LogP contribution in [0.25, 0.3) is 6.08 Å². The first-order chi connectivity index (χ1) is 9.63. The third-order valence-electron chi connectivity index (χ3n) is 2.42. The van der Waals surface area contributed by atoms with Crippen LogP contribution in [0.4, 0.5) is 0 Å². The van der Waals surface area contributed by atoms with Crippen LogP contribution < -0.4 is 14.8 Å². The van der Waals surface area contributed by atoms with Crippen molar-refractivity contribution in [1.82, 2.24) is 5.32 Å². The lowest BCUT2D eigenvalue weighted by Gasteiger charge is -2.08. The number of hydrogen-bond acceptors (Lipinski definition) is 6. The van der Waals surface area contributed by atoms with Crippen LogP contribution in [-0.4, -0.2) is 23.9 Å². The van der Waals surface area contributed by atoms with E-state index in [9.17, 15) is 4.79 Å². The summed E-state index contributed by atoms with van der Waals surface area (Å²) >= 11 is 6.14. The molecule has 1 saturated heterocycles. The maximum Gasteiger partial charge on any atom is 0.263 e. The van der Waals surface area contributed by atoms with E-state index in [4.69, 9.17) is 27.0 Å². The molecule has 1 N–H and O–H groups in total. The van der Waals surface area contributed by atoms with Gasteiger partial charge in [0, 0.05) is 0 Å². The number of carbonyl (C=O) groups is 1. The van der Waals surface area contributed by atoms with E-state index in [1.165, 1.54) is 18.9 Å². The summed E-state index contributed by atoms with van der Waals surface area (Å²) in [6.07, 6.45) is 1.72. The molecule has 0 aliphatic carbocycles. The molecule has 0 saturated carbocycles. The lowest BCUT2D eigenvalue weighted by Crippen LogP contribution is -2.17. The standard InChI is InChI=1S/C13H10N2O3S2/c1-17-10-6-8(2-3-9(10)18-5-4-14)7-11-12(16)15-13(19)20-11/h2-3,6-7H,5H2,1H3,(H,15,16,19). The third-order valence-corrected chi connectivity index (χ3v) is 3.58. The summed E-state index contributed by atoms with van der Waals surface area (Å²) < 4.78 is 10.9. The maximum atomic E-state index is 11.6. The van der Waals surface area contributed by atoms with Gasteiger partial charge < -0.3 is 14.8 Å². The van der Waals surface area contributed by atoms with E-state index in [-0.39, 0.29) is 12.5 Å². The highest BCUT2D eigenvalue weighted by molar-refractivity contribution is 8.26. The van der Waals surface area contributed by atoms with Gasteiger partial charge in [0.05, 0.1) is 12.0 Å². The maximum absolute atomic E-state index is 11.6. The Kier molecular flexibility index (Phi) is 4.61. The fourth-order valence-corrected chi connectivity index (χ4v) is 2.62. The number of ether oxygens (including phenoxy) is 2. The van der Waals surface area contributed by atoms with Crippen LogP contribution in [0.15, 0.2) is 23.1 Å². The van der Waals surface area contributed by atoms with Crippen molar-refractivity contribution in [2.24, 2.45) is 0 Å². The molecule has 1 amide bonds. The molecule has 0 spiro atoms. The van der Waals surface area contributed by atoms with Gasteiger partial charge in [-0.25, -0.2) is 0 Å². The van der Waals surface area contributed by atoms with Crippen LogP contribution in [0.3, 0.4) is 0 Å². The van der Waals surface area contributed by atoms with E-state index in [1.807, 2.05) is 6.07 Å². The van der Waals surface area contributed by atoms with Crippen molar-refractivity contribution in [3.63, 3.8) is 0 Å². The zero-order valence-electron chi connectivity index (χ0n) is 10.5. The van der Waals surface area contributed by atoms with Gasteiger partial charge in [-0.15, -0.1) is 0 Å². The van der Waals surface area contributed by atoms with Crippen LogP contribution in [0, 0.1) is 11.3 Å². The lowest BCUT2D eigenvalue weighted by atomic mass is 10.2. The van der Waals surface area contributed by atoms with Gasteiger partial charge in [0.15, 0.2) is 18.1 Å². The molecule has 0 unspecified atom stereocenters. The molecule has 0 bridgehead atoms. The second-order valence-electron chi connectivity index (χ2n) is 3.71. The smallest absolute Gasteiger partial charge is 0.263 e. The molecule has 1 aromatic rings. The Labute approximate surface area is 125 Å². The number of amides is 1. The Balaban J connectivity index is 2.26. The molecule has 20 heavy (non-hydrogen) atoms. The van der Waals surface area contributed by atoms with Crippen molar-refractivity contribution in [1.29, 1.82) is 5.26 Å². The van der Waals surface area contributed by atoms with E-state index in [2.05, 4.69) is 5.32 Å². The topological polar surface area (TPSA) is 71.3 Å². The predicted octanol–water partition coefficient (Wildman–Crippen LogP) is 2.09. The molecule has 5 nitrogen and oxygen atoms in total. The molecule has 2 rings (SSSR count). The number of nitriles is 1. The van der Waals surface area contributed by atoms with E-state index >= 15 is 0 Å². The first-order valence-electron chi connectivity index (χ1n) is 5.56. The number of nitrogens with one attached hydrogen (secondary N) is 1. The minimum atomic E-state index is -0.205. The largest absolute Gasteiger partial charge is 0.493 e. The monoisotopic (exact) mass is 306 g/mol. The number of thiocarbonyl (C=S) groups is 1. The number of thioether (sulfide) groups is 1. The number of methoxy groups -OCH3 is 1. The molecule has 7 heteroatoms. The Morgan fingerprint density at radius 2 is 2.30 bits per heavy atom. The van der Waals surface area contributed by atoms with Crippen molar-refractivity contribution in [3.8, 4) is 17.6 Å². The van der Waals surface area contributed by atoms with Gasteiger partial charge in [0.25, 0.3) is 5.91 Å². The van der Waals surface area contributed by atoms with Gasteiger partial charge in [-0.2, -0.15) is 5.26 Å². The summed E-state index contributed by atoms with van der Waals surface area (Å²) in [7, 11) is 1.51. The predicted molar refractivity (Wildman–Crippen MR) is 80.4 cm³/mol. The normalized spacial score (nSPS) is 15.9. The summed E-state index contributed by atoms with van der Waals surface area (Å²) in [5.74, 6) is 0.777. The molecule has 0 aromatic heterocycles. The van der Waals surface area contributed by atoms with Crippen molar-refractivity contribution < 1.29 is 14.3 Å². The molecule has 1 fully saturated rings. The highest BCUT2D eigenvalue weighted by Gasteiger charge is 2.22. The molecule has 102 valence electrons. The molecular weight excluding hydrogens is 296 g/mol. The number of benzene rings is 1. The van der Waals surface area contributed by atoms with Gasteiger partial charge in [-0.1, -0.05) is 30.0 Å². The van der Waals surface area contributed by atoms with E-state index in [0.29, 0.717) is 20.7 Å². The van der Waals surface area contributed by atoms with Crippen LogP contribution in [0.1, 0.15) is 5.56 Å². The summed E-state index contributed by atoms with van der Waals surface area (Å²) in [6.45, 7) is -0.0523. The molecule has 0 radical (unpaired) electrons. The number of nitrogens with zero attached hydrogens (tertiary/aromatic N) is 1. The van der Waals surface area contributed by atoms with Crippen LogP contribution >= 0.6 is 24.0 Å². The summed E-state index contributed by atoms with van der Waals surface area (Å²) in [6, 6.07) is 7.09. The minimum Gasteiger partial charge on any atom is -0.493 e. The van der Waals surface area contributed by atoms with E-state index < -0.39 is 0 Å². The van der Waals surface area contributed by atoms with Gasteiger partial charge in [-0.3, -0.25) is 4.79 Å². The summed E-state index contributed by atoms with van der Waals surface area (Å²) in [4.78, 5) is 12.1. The molecule has 1 aliphatic rings. The summed E-state index contributed by atoms with van der Waals surface area (Å²) in [5.41, 5.74) is 0.786. The Hall–Kier alpha value is -2.04. The highest BCUT2D eigenvalue weighted by Crippen LogP contribution is 2.31. The number of carbonyl (C=O) groups excluding carboxylic acids is 1. The number of hydrogen-bond donors (Lipinski definition) is 1. The van der Waals surface area contributed by atoms with E-state index in [0.717, 1.165) is 5.56 Å². The zero-order chi connectivity index (χ0) is 14.5. The van der Waals surface area contributed by atoms with Crippen LogP contribution in [-0.2, 0) is 4.79 Å². The lowest BCUT2D eigenvalue weighted by molar-refractivity contribution is -0.115. The Bertz CT molecular complexity index is 635. The molecule has 0 atom stereocenters. The molecule has 1 aliphatic heterocycles. The first-order valence-corrected chi connectivity index (χ1v) is 6.79. The quantitative estimate of drug-likeness (QED) is 0.678.